The van der Waals surface area contributed by atoms with Crippen molar-refractivity contribution in [2.45, 2.75) is 38.1 Å². The van der Waals surface area contributed by atoms with Gasteiger partial charge >= 0.3 is 0 Å². The Bertz CT molecular complexity index is 463. The lowest BCUT2D eigenvalue weighted by Crippen LogP contribution is -2.52. The van der Waals surface area contributed by atoms with E-state index in [0.717, 1.165) is 0 Å². The van der Waals surface area contributed by atoms with Gasteiger partial charge in [-0.15, -0.1) is 0 Å². The fourth-order valence-corrected chi connectivity index (χ4v) is 2.29. The molecule has 0 bridgehead atoms. The molecule has 0 unspecified atom stereocenters. The number of hydrogen-bond acceptors (Lipinski definition) is 5. The van der Waals surface area contributed by atoms with E-state index in [1.54, 1.807) is 26.4 Å². The molecule has 1 aliphatic heterocycles. The van der Waals surface area contributed by atoms with Crippen LogP contribution < -0.4 is 5.32 Å². The maximum atomic E-state index is 12.1. The maximum absolute atomic E-state index is 12.1. The quantitative estimate of drug-likeness (QED) is 0.808. The van der Waals surface area contributed by atoms with Gasteiger partial charge in [0.2, 0.25) is 0 Å². The minimum absolute atomic E-state index is 0.130. The van der Waals surface area contributed by atoms with Crippen LogP contribution in [0.1, 0.15) is 23.7 Å². The molecule has 0 aromatic heterocycles. The third-order valence-corrected chi connectivity index (χ3v) is 3.66. The Kier molecular flexibility index (Phi) is 6.33. The van der Waals surface area contributed by atoms with Crippen molar-refractivity contribution in [2.24, 2.45) is 0 Å². The number of benzene rings is 1. The third kappa shape index (κ3) is 4.51. The molecule has 122 valence electrons. The number of methoxy groups -OCH3 is 2. The zero-order valence-corrected chi connectivity index (χ0v) is 13.2. The highest BCUT2D eigenvalue weighted by molar-refractivity contribution is 5.94. The van der Waals surface area contributed by atoms with E-state index in [2.05, 4.69) is 5.32 Å². The van der Waals surface area contributed by atoms with Crippen molar-refractivity contribution < 1.29 is 23.7 Å². The summed E-state index contributed by atoms with van der Waals surface area (Å²) < 4.78 is 21.7. The van der Waals surface area contributed by atoms with Gasteiger partial charge in [0.1, 0.15) is 0 Å². The fraction of sp³-hybridized carbons (Fsp3) is 0.562. The van der Waals surface area contributed by atoms with Gasteiger partial charge in [0, 0.05) is 26.2 Å². The SMILES string of the molecule is COC(C[C@H]1OC[C@@H](NC(=O)c2ccccc2)[C@@H](C)O1)OC. The summed E-state index contributed by atoms with van der Waals surface area (Å²) in [4.78, 5) is 12.1. The summed E-state index contributed by atoms with van der Waals surface area (Å²) >= 11 is 0. The van der Waals surface area contributed by atoms with Gasteiger partial charge in [0.15, 0.2) is 12.6 Å². The minimum atomic E-state index is -0.398. The van der Waals surface area contributed by atoms with Gasteiger partial charge in [-0.05, 0) is 19.1 Å². The van der Waals surface area contributed by atoms with E-state index >= 15 is 0 Å². The van der Waals surface area contributed by atoms with Crippen molar-refractivity contribution in [1.29, 1.82) is 0 Å². The van der Waals surface area contributed by atoms with Crippen LogP contribution in [0, 0.1) is 0 Å². The smallest absolute Gasteiger partial charge is 0.251 e. The lowest BCUT2D eigenvalue weighted by atomic mass is 10.1. The van der Waals surface area contributed by atoms with Gasteiger partial charge < -0.3 is 24.3 Å². The van der Waals surface area contributed by atoms with E-state index in [1.807, 2.05) is 25.1 Å². The van der Waals surface area contributed by atoms with E-state index in [9.17, 15) is 4.79 Å². The number of amides is 1. The number of carbonyl (C=O) groups excluding carboxylic acids is 1. The highest BCUT2D eigenvalue weighted by atomic mass is 16.7. The van der Waals surface area contributed by atoms with Crippen LogP contribution in [0.5, 0.6) is 0 Å². The molecule has 0 spiro atoms. The molecule has 1 aromatic rings. The second-order valence-corrected chi connectivity index (χ2v) is 5.19. The summed E-state index contributed by atoms with van der Waals surface area (Å²) in [6.07, 6.45) is -0.435. The number of ether oxygens (including phenoxy) is 4. The fourth-order valence-electron chi connectivity index (χ4n) is 2.29. The molecule has 1 amide bonds. The molecule has 0 aliphatic carbocycles. The highest BCUT2D eigenvalue weighted by Gasteiger charge is 2.31. The molecule has 1 aliphatic rings. The molecular formula is C16H23NO5. The van der Waals surface area contributed by atoms with E-state index in [4.69, 9.17) is 18.9 Å². The monoisotopic (exact) mass is 309 g/mol. The normalized spacial score (nSPS) is 25.2. The van der Waals surface area contributed by atoms with E-state index in [1.165, 1.54) is 0 Å². The van der Waals surface area contributed by atoms with Crippen molar-refractivity contribution in [1.82, 2.24) is 5.32 Å². The van der Waals surface area contributed by atoms with Gasteiger partial charge in [-0.3, -0.25) is 4.79 Å². The summed E-state index contributed by atoms with van der Waals surface area (Å²) in [6.45, 7) is 2.31. The first-order valence-corrected chi connectivity index (χ1v) is 7.32. The van der Waals surface area contributed by atoms with Crippen molar-refractivity contribution >= 4 is 5.91 Å². The van der Waals surface area contributed by atoms with Crippen LogP contribution >= 0.6 is 0 Å². The van der Waals surface area contributed by atoms with Crippen LogP contribution in [0.2, 0.25) is 0 Å². The Hall–Kier alpha value is -1.47. The Morgan fingerprint density at radius 1 is 1.32 bits per heavy atom. The average Bonchev–Trinajstić information content (AvgIpc) is 2.55. The van der Waals surface area contributed by atoms with Gasteiger partial charge in [0.25, 0.3) is 5.91 Å². The van der Waals surface area contributed by atoms with E-state index < -0.39 is 6.29 Å². The molecule has 3 atom stereocenters. The first-order valence-electron chi connectivity index (χ1n) is 7.32. The molecule has 6 heteroatoms. The number of carbonyl (C=O) groups is 1. The molecule has 1 heterocycles. The van der Waals surface area contributed by atoms with Gasteiger partial charge in [-0.25, -0.2) is 0 Å². The Labute approximate surface area is 130 Å². The third-order valence-electron chi connectivity index (χ3n) is 3.66. The molecule has 22 heavy (non-hydrogen) atoms. The molecule has 1 saturated heterocycles. The van der Waals surface area contributed by atoms with Crippen molar-refractivity contribution in [3.8, 4) is 0 Å². The first-order chi connectivity index (χ1) is 10.6. The summed E-state index contributed by atoms with van der Waals surface area (Å²) in [5, 5.41) is 2.94. The second-order valence-electron chi connectivity index (χ2n) is 5.19. The lowest BCUT2D eigenvalue weighted by Gasteiger charge is -2.36. The Balaban J connectivity index is 1.84. The summed E-state index contributed by atoms with van der Waals surface area (Å²) in [6, 6.07) is 8.89. The number of rotatable bonds is 6. The summed E-state index contributed by atoms with van der Waals surface area (Å²) in [5.74, 6) is -0.130. The zero-order valence-electron chi connectivity index (χ0n) is 13.2. The molecule has 1 N–H and O–H groups in total. The average molecular weight is 309 g/mol. The van der Waals surface area contributed by atoms with Crippen LogP contribution in [-0.2, 0) is 18.9 Å². The van der Waals surface area contributed by atoms with Crippen molar-refractivity contribution in [2.75, 3.05) is 20.8 Å². The van der Waals surface area contributed by atoms with Crippen LogP contribution in [0.4, 0.5) is 0 Å². The van der Waals surface area contributed by atoms with Gasteiger partial charge in [0.05, 0.1) is 18.8 Å². The standard InChI is InChI=1S/C16H23NO5/c1-11-13(17-16(18)12-7-5-4-6-8-12)10-21-15(22-11)9-14(19-2)20-3/h4-8,11,13-15H,9-10H2,1-3H3,(H,17,18)/t11-,13-,15+/m1/s1. The summed E-state index contributed by atoms with van der Waals surface area (Å²) in [7, 11) is 3.15. The second kappa shape index (κ2) is 8.24. The molecular weight excluding hydrogens is 286 g/mol. The van der Waals surface area contributed by atoms with Crippen molar-refractivity contribution in [3.63, 3.8) is 0 Å². The minimum Gasteiger partial charge on any atom is -0.356 e. The Morgan fingerprint density at radius 3 is 2.59 bits per heavy atom. The lowest BCUT2D eigenvalue weighted by molar-refractivity contribution is -0.247. The predicted molar refractivity (Wildman–Crippen MR) is 80.4 cm³/mol. The predicted octanol–water partition coefficient (Wildman–Crippen LogP) is 1.56. The van der Waals surface area contributed by atoms with Crippen LogP contribution in [0.15, 0.2) is 30.3 Å². The molecule has 2 rings (SSSR count). The number of hydrogen-bond donors (Lipinski definition) is 1. The largest absolute Gasteiger partial charge is 0.356 e. The molecule has 1 fully saturated rings. The molecule has 0 saturated carbocycles. The van der Waals surface area contributed by atoms with E-state index in [0.29, 0.717) is 18.6 Å². The zero-order chi connectivity index (χ0) is 15.9. The first kappa shape index (κ1) is 16.9. The van der Waals surface area contributed by atoms with Crippen LogP contribution in [-0.4, -0.2) is 51.5 Å². The van der Waals surface area contributed by atoms with E-state index in [-0.39, 0.29) is 24.3 Å². The van der Waals surface area contributed by atoms with Gasteiger partial charge in [-0.1, -0.05) is 18.2 Å². The maximum Gasteiger partial charge on any atom is 0.251 e. The highest BCUT2D eigenvalue weighted by Crippen LogP contribution is 2.18. The Morgan fingerprint density at radius 2 is 2.00 bits per heavy atom. The van der Waals surface area contributed by atoms with Crippen LogP contribution in [0.25, 0.3) is 0 Å². The molecule has 0 radical (unpaired) electrons. The summed E-state index contributed by atoms with van der Waals surface area (Å²) in [5.41, 5.74) is 0.621. The topological polar surface area (TPSA) is 66.0 Å². The molecule has 1 aromatic carbocycles. The van der Waals surface area contributed by atoms with Gasteiger partial charge in [-0.2, -0.15) is 0 Å². The van der Waals surface area contributed by atoms with Crippen LogP contribution in [0.3, 0.4) is 0 Å². The molecule has 6 nitrogen and oxygen atoms in total. The number of nitrogens with one attached hydrogen (secondary N) is 1. The van der Waals surface area contributed by atoms with Crippen molar-refractivity contribution in [3.05, 3.63) is 35.9 Å².